The number of nitrogens with one attached hydrogen (secondary N) is 2. The van der Waals surface area contributed by atoms with Crippen molar-refractivity contribution in [3.63, 3.8) is 0 Å². The maximum absolute atomic E-state index is 13.9. The van der Waals surface area contributed by atoms with Crippen LogP contribution in [0.5, 0.6) is 11.5 Å². The van der Waals surface area contributed by atoms with Crippen LogP contribution in [-0.2, 0) is 10.0 Å². The van der Waals surface area contributed by atoms with Gasteiger partial charge in [-0.15, -0.1) is 0 Å². The monoisotopic (exact) mass is 459 g/mol. The average molecular weight is 459 g/mol. The highest BCUT2D eigenvalue weighted by atomic mass is 32.2. The molecule has 168 valence electrons. The SMILES string of the molecule is CCOc1ccc(S(=O)(=O)Nc2cc(F)ccc2NC(=O)c2ccccn2)cc1OCC. The number of aromatic nitrogens is 1. The number of hydrogen-bond acceptors (Lipinski definition) is 6. The molecule has 2 N–H and O–H groups in total. The van der Waals surface area contributed by atoms with Gasteiger partial charge in [0.2, 0.25) is 0 Å². The zero-order valence-corrected chi connectivity index (χ0v) is 18.3. The number of nitrogens with zero attached hydrogens (tertiary/aromatic N) is 1. The third-order valence-corrected chi connectivity index (χ3v) is 5.56. The summed E-state index contributed by atoms with van der Waals surface area (Å²) < 4.78 is 53.1. The summed E-state index contributed by atoms with van der Waals surface area (Å²) in [4.78, 5) is 16.3. The number of benzene rings is 2. The number of halogens is 1. The second-order valence-corrected chi connectivity index (χ2v) is 8.12. The number of amides is 1. The van der Waals surface area contributed by atoms with Gasteiger partial charge in [0.15, 0.2) is 11.5 Å². The summed E-state index contributed by atoms with van der Waals surface area (Å²) in [6.07, 6.45) is 1.45. The van der Waals surface area contributed by atoms with Crippen LogP contribution in [0.15, 0.2) is 65.7 Å². The van der Waals surface area contributed by atoms with Crippen molar-refractivity contribution in [2.45, 2.75) is 18.7 Å². The quantitative estimate of drug-likeness (QED) is 0.500. The summed E-state index contributed by atoms with van der Waals surface area (Å²) in [5, 5.41) is 2.55. The van der Waals surface area contributed by atoms with Crippen molar-refractivity contribution in [1.82, 2.24) is 4.98 Å². The number of anilines is 2. The molecular formula is C22H22FN3O5S. The van der Waals surface area contributed by atoms with Crippen LogP contribution >= 0.6 is 0 Å². The Morgan fingerprint density at radius 1 is 0.969 bits per heavy atom. The molecule has 1 heterocycles. The Kier molecular flexibility index (Phi) is 7.26. The van der Waals surface area contributed by atoms with Crippen molar-refractivity contribution < 1.29 is 27.1 Å². The normalized spacial score (nSPS) is 11.0. The molecule has 0 saturated carbocycles. The Labute approximate surface area is 185 Å². The van der Waals surface area contributed by atoms with Crippen molar-refractivity contribution >= 4 is 27.3 Å². The molecule has 0 atom stereocenters. The average Bonchev–Trinajstić information content (AvgIpc) is 2.77. The van der Waals surface area contributed by atoms with Crippen molar-refractivity contribution in [2.75, 3.05) is 23.3 Å². The molecule has 0 aliphatic heterocycles. The van der Waals surface area contributed by atoms with Gasteiger partial charge in [0, 0.05) is 18.3 Å². The fourth-order valence-electron chi connectivity index (χ4n) is 2.80. The van der Waals surface area contributed by atoms with E-state index in [0.717, 1.165) is 12.1 Å². The maximum Gasteiger partial charge on any atom is 0.274 e. The van der Waals surface area contributed by atoms with Gasteiger partial charge in [-0.25, -0.2) is 12.8 Å². The Morgan fingerprint density at radius 3 is 2.41 bits per heavy atom. The van der Waals surface area contributed by atoms with Crippen molar-refractivity contribution in [3.8, 4) is 11.5 Å². The summed E-state index contributed by atoms with van der Waals surface area (Å²) in [6, 6.07) is 12.3. The second-order valence-electron chi connectivity index (χ2n) is 6.44. The lowest BCUT2D eigenvalue weighted by Gasteiger charge is -2.15. The minimum Gasteiger partial charge on any atom is -0.490 e. The van der Waals surface area contributed by atoms with E-state index in [9.17, 15) is 17.6 Å². The third-order valence-electron chi connectivity index (χ3n) is 4.20. The number of sulfonamides is 1. The highest BCUT2D eigenvalue weighted by Gasteiger charge is 2.20. The highest BCUT2D eigenvalue weighted by Crippen LogP contribution is 2.32. The van der Waals surface area contributed by atoms with Gasteiger partial charge >= 0.3 is 0 Å². The molecule has 0 unspecified atom stereocenters. The smallest absolute Gasteiger partial charge is 0.274 e. The van der Waals surface area contributed by atoms with Gasteiger partial charge in [0.25, 0.3) is 15.9 Å². The lowest BCUT2D eigenvalue weighted by molar-refractivity contribution is 0.102. The molecule has 3 aromatic rings. The number of rotatable bonds is 9. The molecule has 2 aromatic carbocycles. The summed E-state index contributed by atoms with van der Waals surface area (Å²) in [6.45, 7) is 4.25. The van der Waals surface area contributed by atoms with Crippen LogP contribution < -0.4 is 19.5 Å². The van der Waals surface area contributed by atoms with E-state index in [1.54, 1.807) is 26.0 Å². The van der Waals surface area contributed by atoms with Gasteiger partial charge in [0.1, 0.15) is 11.5 Å². The van der Waals surface area contributed by atoms with E-state index in [2.05, 4.69) is 15.0 Å². The molecule has 0 saturated heterocycles. The van der Waals surface area contributed by atoms with E-state index in [1.807, 2.05) is 0 Å². The van der Waals surface area contributed by atoms with Crippen molar-refractivity contribution in [2.24, 2.45) is 0 Å². The van der Waals surface area contributed by atoms with Gasteiger partial charge in [-0.05, 0) is 50.2 Å². The summed E-state index contributed by atoms with van der Waals surface area (Å²) in [5.74, 6) is -0.583. The molecule has 32 heavy (non-hydrogen) atoms. The number of hydrogen-bond donors (Lipinski definition) is 2. The number of carbonyl (C=O) groups is 1. The first-order valence-electron chi connectivity index (χ1n) is 9.78. The topological polar surface area (TPSA) is 107 Å². The maximum atomic E-state index is 13.9. The van der Waals surface area contributed by atoms with Gasteiger partial charge in [-0.2, -0.15) is 0 Å². The molecule has 0 fully saturated rings. The number of pyridine rings is 1. The van der Waals surface area contributed by atoms with Crippen LogP contribution in [-0.4, -0.2) is 32.5 Å². The molecule has 1 amide bonds. The molecule has 0 bridgehead atoms. The molecule has 0 radical (unpaired) electrons. The first-order valence-corrected chi connectivity index (χ1v) is 11.3. The third kappa shape index (κ3) is 5.52. The van der Waals surface area contributed by atoms with Gasteiger partial charge < -0.3 is 14.8 Å². The first kappa shape index (κ1) is 23.0. The van der Waals surface area contributed by atoms with E-state index >= 15 is 0 Å². The van der Waals surface area contributed by atoms with Crippen LogP contribution in [0, 0.1) is 5.82 Å². The predicted molar refractivity (Wildman–Crippen MR) is 118 cm³/mol. The zero-order chi connectivity index (χ0) is 23.1. The Balaban J connectivity index is 1.91. The van der Waals surface area contributed by atoms with E-state index in [0.29, 0.717) is 19.0 Å². The highest BCUT2D eigenvalue weighted by molar-refractivity contribution is 7.92. The van der Waals surface area contributed by atoms with Crippen LogP contribution in [0.4, 0.5) is 15.8 Å². The molecular weight excluding hydrogens is 437 g/mol. The number of ether oxygens (including phenoxy) is 2. The molecule has 0 aliphatic rings. The molecule has 8 nitrogen and oxygen atoms in total. The van der Waals surface area contributed by atoms with Crippen molar-refractivity contribution in [1.29, 1.82) is 0 Å². The fraction of sp³-hybridized carbons (Fsp3) is 0.182. The van der Waals surface area contributed by atoms with Gasteiger partial charge in [-0.1, -0.05) is 6.07 Å². The molecule has 1 aromatic heterocycles. The molecule has 3 rings (SSSR count). The van der Waals surface area contributed by atoms with E-state index < -0.39 is 21.7 Å². The van der Waals surface area contributed by atoms with E-state index in [4.69, 9.17) is 9.47 Å². The summed E-state index contributed by atoms with van der Waals surface area (Å²) in [5.41, 5.74) is 0.0567. The lowest BCUT2D eigenvalue weighted by Crippen LogP contribution is -2.18. The van der Waals surface area contributed by atoms with E-state index in [1.165, 1.54) is 36.5 Å². The Hall–Kier alpha value is -3.66. The summed E-state index contributed by atoms with van der Waals surface area (Å²) in [7, 11) is -4.14. The van der Waals surface area contributed by atoms with Crippen LogP contribution in [0.3, 0.4) is 0 Å². The predicted octanol–water partition coefficient (Wildman–Crippen LogP) is 4.07. The minimum absolute atomic E-state index is 0.0709. The summed E-state index contributed by atoms with van der Waals surface area (Å²) >= 11 is 0. The molecule has 10 heteroatoms. The minimum atomic E-state index is -4.14. The van der Waals surface area contributed by atoms with E-state index in [-0.39, 0.29) is 27.7 Å². The number of carbonyl (C=O) groups excluding carboxylic acids is 1. The first-order chi connectivity index (χ1) is 15.3. The molecule has 0 spiro atoms. The molecule has 0 aliphatic carbocycles. The largest absolute Gasteiger partial charge is 0.490 e. The van der Waals surface area contributed by atoms with Gasteiger partial charge in [-0.3, -0.25) is 14.5 Å². The fourth-order valence-corrected chi connectivity index (χ4v) is 3.88. The Morgan fingerprint density at radius 2 is 1.72 bits per heavy atom. The standard InChI is InChI=1S/C22H22FN3O5S/c1-3-30-20-11-9-16(14-21(20)31-4-2)32(28,29)26-19-13-15(23)8-10-17(19)25-22(27)18-7-5-6-12-24-18/h5-14,26H,3-4H2,1-2H3,(H,25,27). The van der Waals surface area contributed by atoms with Crippen LogP contribution in [0.1, 0.15) is 24.3 Å². The lowest BCUT2D eigenvalue weighted by atomic mass is 10.2. The van der Waals surface area contributed by atoms with Crippen molar-refractivity contribution in [3.05, 3.63) is 72.3 Å². The second kappa shape index (κ2) is 10.1. The van der Waals surface area contributed by atoms with Crippen LogP contribution in [0.2, 0.25) is 0 Å². The zero-order valence-electron chi connectivity index (χ0n) is 17.5. The van der Waals surface area contributed by atoms with Crippen LogP contribution in [0.25, 0.3) is 0 Å². The Bertz CT molecular complexity index is 1200. The van der Waals surface area contributed by atoms with Gasteiger partial charge in [0.05, 0.1) is 29.5 Å².